The number of fused-ring (bicyclic) bond motifs is 2. The fourth-order valence-electron chi connectivity index (χ4n) is 4.81. The van der Waals surface area contributed by atoms with Crippen molar-refractivity contribution >= 4 is 35.1 Å². The molecule has 9 nitrogen and oxygen atoms in total. The van der Waals surface area contributed by atoms with Crippen molar-refractivity contribution in [2.45, 2.75) is 63.6 Å². The van der Waals surface area contributed by atoms with E-state index in [1.807, 2.05) is 4.90 Å². The maximum atomic E-state index is 12.8. The first-order valence-corrected chi connectivity index (χ1v) is 12.0. The summed E-state index contributed by atoms with van der Waals surface area (Å²) < 4.78 is 5.87. The van der Waals surface area contributed by atoms with Crippen LogP contribution >= 0.6 is 11.6 Å². The zero-order valence-corrected chi connectivity index (χ0v) is 19.4. The molecule has 3 aliphatic rings. The van der Waals surface area contributed by atoms with Gasteiger partial charge in [0.25, 0.3) is 5.91 Å². The van der Waals surface area contributed by atoms with E-state index >= 15 is 0 Å². The van der Waals surface area contributed by atoms with E-state index in [0.717, 1.165) is 31.2 Å². The first kappa shape index (κ1) is 23.8. The number of amides is 2. The Labute approximate surface area is 198 Å². The van der Waals surface area contributed by atoms with Crippen LogP contribution in [0.1, 0.15) is 50.5 Å². The maximum absolute atomic E-state index is 12.8. The van der Waals surface area contributed by atoms with Crippen LogP contribution < -0.4 is 10.1 Å². The van der Waals surface area contributed by atoms with Crippen molar-refractivity contribution in [1.82, 2.24) is 15.1 Å². The van der Waals surface area contributed by atoms with Gasteiger partial charge in [0.15, 0.2) is 0 Å². The van der Waals surface area contributed by atoms with Gasteiger partial charge in [-0.1, -0.05) is 30.9 Å². The molecule has 10 heteroatoms. The predicted octanol–water partition coefficient (Wildman–Crippen LogP) is 1.95. The first-order chi connectivity index (χ1) is 16.0. The van der Waals surface area contributed by atoms with Gasteiger partial charge in [-0.25, -0.2) is 4.99 Å². The Morgan fingerprint density at radius 2 is 2.06 bits per heavy atom. The highest BCUT2D eigenvalue weighted by Crippen LogP contribution is 2.39. The second kappa shape index (κ2) is 10.7. The molecule has 1 atom stereocenters. The molecule has 1 saturated carbocycles. The number of benzene rings is 1. The molecule has 33 heavy (non-hydrogen) atoms. The van der Waals surface area contributed by atoms with E-state index in [4.69, 9.17) is 16.3 Å². The van der Waals surface area contributed by atoms with Gasteiger partial charge in [0.2, 0.25) is 11.9 Å². The normalized spacial score (nSPS) is 20.1. The van der Waals surface area contributed by atoms with Gasteiger partial charge in [-0.05, 0) is 31.4 Å². The molecular formula is C23H31ClN4O5. The fourth-order valence-corrected chi connectivity index (χ4v) is 5.09. The molecule has 2 fully saturated rings. The lowest BCUT2D eigenvalue weighted by Crippen LogP contribution is -2.43. The summed E-state index contributed by atoms with van der Waals surface area (Å²) in [5.74, 6) is 0.684. The average molecular weight is 479 g/mol. The Hall–Kier alpha value is -2.36. The Morgan fingerprint density at radius 3 is 2.79 bits per heavy atom. The summed E-state index contributed by atoms with van der Waals surface area (Å²) in [6.45, 7) is 0.717. The second-order valence-electron chi connectivity index (χ2n) is 8.68. The highest BCUT2D eigenvalue weighted by atomic mass is 35.5. The van der Waals surface area contributed by atoms with Gasteiger partial charge in [-0.3, -0.25) is 14.9 Å². The van der Waals surface area contributed by atoms with Crippen molar-refractivity contribution < 1.29 is 24.5 Å². The number of hydrogen-bond acceptors (Lipinski definition) is 7. The molecule has 2 aliphatic heterocycles. The Bertz CT molecular complexity index is 918. The van der Waals surface area contributed by atoms with Gasteiger partial charge in [0.05, 0.1) is 37.1 Å². The Balaban J connectivity index is 1.33. The molecule has 1 aliphatic carbocycles. The predicted molar refractivity (Wildman–Crippen MR) is 124 cm³/mol. The molecule has 1 saturated heterocycles. The molecule has 0 aromatic heterocycles. The Kier molecular flexibility index (Phi) is 7.72. The van der Waals surface area contributed by atoms with Gasteiger partial charge in [0, 0.05) is 24.6 Å². The zero-order chi connectivity index (χ0) is 23.4. The van der Waals surface area contributed by atoms with Crippen molar-refractivity contribution in [3.8, 4) is 5.75 Å². The smallest absolute Gasteiger partial charge is 0.251 e. The van der Waals surface area contributed by atoms with E-state index in [-0.39, 0.29) is 31.1 Å². The number of aliphatic imine (C=N–C) groups is 1. The number of halogens is 1. The lowest BCUT2D eigenvalue weighted by molar-refractivity contribution is -0.135. The van der Waals surface area contributed by atoms with E-state index in [1.54, 1.807) is 17.0 Å². The lowest BCUT2D eigenvalue weighted by Gasteiger charge is -2.34. The van der Waals surface area contributed by atoms with Crippen molar-refractivity contribution in [3.05, 3.63) is 22.7 Å². The minimum Gasteiger partial charge on any atom is -0.492 e. The highest BCUT2D eigenvalue weighted by molar-refractivity contribution is 6.33. The van der Waals surface area contributed by atoms with E-state index < -0.39 is 6.04 Å². The molecule has 2 amide bonds. The molecule has 1 aromatic carbocycles. The molecule has 3 N–H and O–H groups in total. The minimum absolute atomic E-state index is 0.0249. The minimum atomic E-state index is -0.686. The third-order valence-corrected chi connectivity index (χ3v) is 6.98. The summed E-state index contributed by atoms with van der Waals surface area (Å²) in [5.41, 5.74) is 1.38. The SMILES string of the molecule is O=C1NC2=Nc3ccc(OCCCC(=O)N(CCO)C4CCCCC4)c(Cl)c3CN2C1CO. The second-order valence-corrected chi connectivity index (χ2v) is 9.06. The molecule has 180 valence electrons. The molecule has 0 radical (unpaired) electrons. The zero-order valence-electron chi connectivity index (χ0n) is 18.6. The van der Waals surface area contributed by atoms with Gasteiger partial charge >= 0.3 is 0 Å². The number of carbonyl (C=O) groups excluding carboxylic acids is 2. The third-order valence-electron chi connectivity index (χ3n) is 6.57. The number of nitrogens with zero attached hydrogens (tertiary/aromatic N) is 3. The number of guanidine groups is 1. The lowest BCUT2D eigenvalue weighted by atomic mass is 9.94. The fraction of sp³-hybridized carbons (Fsp3) is 0.609. The molecule has 1 unspecified atom stereocenters. The van der Waals surface area contributed by atoms with Crippen LogP contribution in [0.2, 0.25) is 5.02 Å². The first-order valence-electron chi connectivity index (χ1n) is 11.6. The Morgan fingerprint density at radius 1 is 1.27 bits per heavy atom. The summed E-state index contributed by atoms with van der Waals surface area (Å²) in [4.78, 5) is 32.7. The van der Waals surface area contributed by atoms with Crippen LogP contribution in [-0.2, 0) is 16.1 Å². The van der Waals surface area contributed by atoms with E-state index in [0.29, 0.717) is 55.0 Å². The van der Waals surface area contributed by atoms with Crippen LogP contribution in [-0.4, -0.2) is 76.2 Å². The summed E-state index contributed by atoms with van der Waals surface area (Å²) in [7, 11) is 0. The van der Waals surface area contributed by atoms with Crippen molar-refractivity contribution in [3.63, 3.8) is 0 Å². The molecular weight excluding hydrogens is 448 g/mol. The number of rotatable bonds is 9. The van der Waals surface area contributed by atoms with Crippen molar-refractivity contribution in [2.75, 3.05) is 26.4 Å². The monoisotopic (exact) mass is 478 g/mol. The maximum Gasteiger partial charge on any atom is 0.251 e. The molecule has 0 bridgehead atoms. The van der Waals surface area contributed by atoms with Gasteiger partial charge in [-0.15, -0.1) is 0 Å². The van der Waals surface area contributed by atoms with E-state index in [2.05, 4.69) is 10.3 Å². The molecule has 1 aromatic rings. The largest absolute Gasteiger partial charge is 0.492 e. The van der Waals surface area contributed by atoms with Gasteiger partial charge in [0.1, 0.15) is 11.8 Å². The number of nitrogens with one attached hydrogen (secondary N) is 1. The number of carbonyl (C=O) groups is 2. The van der Waals surface area contributed by atoms with Crippen LogP contribution in [0.3, 0.4) is 0 Å². The summed E-state index contributed by atoms with van der Waals surface area (Å²) in [6.07, 6.45) is 6.38. The topological polar surface area (TPSA) is 115 Å². The number of aliphatic hydroxyl groups is 2. The van der Waals surface area contributed by atoms with Crippen LogP contribution in [0.5, 0.6) is 5.75 Å². The van der Waals surface area contributed by atoms with Crippen LogP contribution in [0.15, 0.2) is 17.1 Å². The molecule has 0 spiro atoms. The standard InChI is InChI=1S/C23H31ClN4O5/c24-21-16-13-28-18(14-30)22(32)26-23(28)25-17(16)8-9-19(21)33-12-4-7-20(31)27(10-11-29)15-5-2-1-3-6-15/h8-9,15,18,29-30H,1-7,10-14H2,(H,25,26,32). The summed E-state index contributed by atoms with van der Waals surface area (Å²) in [5, 5.41) is 22.0. The number of hydrogen-bond donors (Lipinski definition) is 3. The number of aliphatic hydroxyl groups excluding tert-OH is 2. The van der Waals surface area contributed by atoms with Gasteiger partial charge < -0.3 is 24.7 Å². The van der Waals surface area contributed by atoms with E-state index in [9.17, 15) is 19.8 Å². The quantitative estimate of drug-likeness (QED) is 0.467. The average Bonchev–Trinajstić information content (AvgIpc) is 3.14. The van der Waals surface area contributed by atoms with Crippen LogP contribution in [0, 0.1) is 0 Å². The summed E-state index contributed by atoms with van der Waals surface area (Å²) in [6, 6.07) is 3.07. The van der Waals surface area contributed by atoms with E-state index in [1.165, 1.54) is 6.42 Å². The summed E-state index contributed by atoms with van der Waals surface area (Å²) >= 11 is 6.59. The van der Waals surface area contributed by atoms with Gasteiger partial charge in [-0.2, -0.15) is 0 Å². The highest BCUT2D eigenvalue weighted by Gasteiger charge is 2.39. The van der Waals surface area contributed by atoms with Crippen LogP contribution in [0.25, 0.3) is 0 Å². The van der Waals surface area contributed by atoms with Crippen molar-refractivity contribution in [1.29, 1.82) is 0 Å². The molecule has 4 rings (SSSR count). The van der Waals surface area contributed by atoms with Crippen molar-refractivity contribution in [2.24, 2.45) is 4.99 Å². The molecule has 2 heterocycles. The third kappa shape index (κ3) is 5.10. The van der Waals surface area contributed by atoms with Crippen LogP contribution in [0.4, 0.5) is 5.69 Å². The number of ether oxygens (including phenoxy) is 1.